The Balaban J connectivity index is 1.31. The number of para-hydroxylation sites is 1. The van der Waals surface area contributed by atoms with E-state index < -0.39 is 0 Å². The molecular weight excluding hydrogens is 374 g/mol. The summed E-state index contributed by atoms with van der Waals surface area (Å²) in [6, 6.07) is 18.7. The van der Waals surface area contributed by atoms with Gasteiger partial charge in [0.15, 0.2) is 0 Å². The third-order valence-corrected chi connectivity index (χ3v) is 6.41. The number of carbonyl (C=O) groups excluding carboxylic acids is 2. The molecule has 5 nitrogen and oxygen atoms in total. The molecule has 5 heteroatoms. The first-order valence-corrected chi connectivity index (χ1v) is 11.0. The van der Waals surface area contributed by atoms with Crippen LogP contribution in [0.4, 0.5) is 5.69 Å². The molecule has 4 rings (SSSR count). The highest BCUT2D eigenvalue weighted by atomic mass is 16.2. The van der Waals surface area contributed by atoms with Crippen LogP contribution in [0.2, 0.25) is 0 Å². The highest BCUT2D eigenvalue weighted by Crippen LogP contribution is 2.24. The predicted octanol–water partition coefficient (Wildman–Crippen LogP) is 3.12. The van der Waals surface area contributed by atoms with Crippen LogP contribution in [-0.4, -0.2) is 60.9 Å². The fraction of sp³-hybridized carbons (Fsp3) is 0.440. The number of rotatable bonds is 5. The van der Waals surface area contributed by atoms with Gasteiger partial charge >= 0.3 is 0 Å². The molecule has 1 atom stereocenters. The van der Waals surface area contributed by atoms with Crippen LogP contribution in [0.3, 0.4) is 0 Å². The Morgan fingerprint density at radius 2 is 1.67 bits per heavy atom. The molecule has 0 saturated carbocycles. The number of nitrogens with zero attached hydrogens (tertiary/aromatic N) is 3. The molecule has 158 valence electrons. The van der Waals surface area contributed by atoms with Crippen LogP contribution in [0.15, 0.2) is 54.6 Å². The molecule has 2 aliphatic heterocycles. The summed E-state index contributed by atoms with van der Waals surface area (Å²) in [7, 11) is 0. The number of carbonyl (C=O) groups is 2. The summed E-state index contributed by atoms with van der Waals surface area (Å²) < 4.78 is 0. The van der Waals surface area contributed by atoms with Gasteiger partial charge in [-0.2, -0.15) is 0 Å². The highest BCUT2D eigenvalue weighted by molar-refractivity contribution is 5.84. The van der Waals surface area contributed by atoms with Crippen LogP contribution in [0, 0.1) is 12.8 Å². The van der Waals surface area contributed by atoms with E-state index in [9.17, 15) is 9.59 Å². The molecule has 0 aromatic heterocycles. The van der Waals surface area contributed by atoms with Crippen molar-refractivity contribution in [1.82, 2.24) is 9.80 Å². The van der Waals surface area contributed by atoms with E-state index in [1.807, 2.05) is 28.0 Å². The van der Waals surface area contributed by atoms with Crippen LogP contribution in [0.1, 0.15) is 24.0 Å². The van der Waals surface area contributed by atoms with E-state index in [2.05, 4.69) is 48.2 Å². The van der Waals surface area contributed by atoms with Crippen molar-refractivity contribution in [2.45, 2.75) is 26.2 Å². The maximum Gasteiger partial charge on any atom is 0.227 e. The van der Waals surface area contributed by atoms with Gasteiger partial charge in [0.1, 0.15) is 0 Å². The van der Waals surface area contributed by atoms with Gasteiger partial charge in [0.05, 0.1) is 5.92 Å². The molecule has 0 radical (unpaired) electrons. The van der Waals surface area contributed by atoms with Crippen molar-refractivity contribution in [2.75, 3.05) is 44.2 Å². The third-order valence-electron chi connectivity index (χ3n) is 6.41. The molecule has 2 heterocycles. The van der Waals surface area contributed by atoms with Crippen molar-refractivity contribution >= 4 is 17.5 Å². The Hall–Kier alpha value is -2.82. The van der Waals surface area contributed by atoms with Crippen LogP contribution in [0.25, 0.3) is 0 Å². The van der Waals surface area contributed by atoms with Gasteiger partial charge in [-0.15, -0.1) is 0 Å². The average Bonchev–Trinajstić information content (AvgIpc) is 2.79. The van der Waals surface area contributed by atoms with Crippen molar-refractivity contribution < 1.29 is 9.59 Å². The number of anilines is 1. The third kappa shape index (κ3) is 4.66. The van der Waals surface area contributed by atoms with E-state index in [4.69, 9.17) is 0 Å². The lowest BCUT2D eigenvalue weighted by atomic mass is 9.95. The van der Waals surface area contributed by atoms with Crippen LogP contribution >= 0.6 is 0 Å². The van der Waals surface area contributed by atoms with Gasteiger partial charge in [-0.05, 0) is 37.0 Å². The maximum absolute atomic E-state index is 13.2. The molecule has 2 fully saturated rings. The Morgan fingerprint density at radius 1 is 0.967 bits per heavy atom. The Labute approximate surface area is 179 Å². The molecular formula is C25H31N3O2. The number of hydrogen-bond acceptors (Lipinski definition) is 3. The van der Waals surface area contributed by atoms with Gasteiger partial charge in [0.2, 0.25) is 11.8 Å². The standard InChI is InChI=1S/C25H31N3O2/c1-20-7-5-6-10-23(20)26-15-17-27(18-16-26)25(30)22-11-12-24(29)28(19-22)14-13-21-8-3-2-4-9-21/h2-10,22H,11-19H2,1H3/t22-/m1/s1. The quantitative estimate of drug-likeness (QED) is 0.768. The lowest BCUT2D eigenvalue weighted by Crippen LogP contribution is -2.53. The molecule has 0 aliphatic carbocycles. The summed E-state index contributed by atoms with van der Waals surface area (Å²) >= 11 is 0. The highest BCUT2D eigenvalue weighted by Gasteiger charge is 2.33. The van der Waals surface area contributed by atoms with Crippen molar-refractivity contribution in [3.63, 3.8) is 0 Å². The maximum atomic E-state index is 13.2. The fourth-order valence-corrected chi connectivity index (χ4v) is 4.59. The Kier molecular flexibility index (Phi) is 6.36. The van der Waals surface area contributed by atoms with E-state index in [0.29, 0.717) is 25.9 Å². The monoisotopic (exact) mass is 405 g/mol. The summed E-state index contributed by atoms with van der Waals surface area (Å²) in [5.41, 5.74) is 3.77. The molecule has 2 aromatic rings. The van der Waals surface area contributed by atoms with Gasteiger partial charge in [-0.25, -0.2) is 0 Å². The number of aryl methyl sites for hydroxylation is 1. The van der Waals surface area contributed by atoms with Gasteiger partial charge in [-0.1, -0.05) is 48.5 Å². The summed E-state index contributed by atoms with van der Waals surface area (Å²) in [6.45, 7) is 6.61. The lowest BCUT2D eigenvalue weighted by Gasteiger charge is -2.40. The van der Waals surface area contributed by atoms with Gasteiger partial charge < -0.3 is 14.7 Å². The SMILES string of the molecule is Cc1ccccc1N1CCN(C(=O)[C@@H]2CCC(=O)N(CCc3ccccc3)C2)CC1. The van der Waals surface area contributed by atoms with Gasteiger partial charge in [0, 0.05) is 51.4 Å². The molecule has 2 amide bonds. The van der Waals surface area contributed by atoms with Crippen LogP contribution in [0.5, 0.6) is 0 Å². The molecule has 30 heavy (non-hydrogen) atoms. The summed E-state index contributed by atoms with van der Waals surface area (Å²) in [6.07, 6.45) is 1.99. The molecule has 2 saturated heterocycles. The Morgan fingerprint density at radius 3 is 2.40 bits per heavy atom. The first-order valence-electron chi connectivity index (χ1n) is 11.0. The average molecular weight is 406 g/mol. The first kappa shape index (κ1) is 20.5. The number of likely N-dealkylation sites (tertiary alicyclic amines) is 1. The van der Waals surface area contributed by atoms with E-state index in [1.165, 1.54) is 16.8 Å². The lowest BCUT2D eigenvalue weighted by molar-refractivity contribution is -0.143. The van der Waals surface area contributed by atoms with E-state index in [0.717, 1.165) is 32.6 Å². The molecule has 0 spiro atoms. The second-order valence-electron chi connectivity index (χ2n) is 8.41. The Bertz CT molecular complexity index is 875. The number of piperidine rings is 1. The zero-order valence-electron chi connectivity index (χ0n) is 17.8. The first-order chi connectivity index (χ1) is 14.6. The number of piperazine rings is 1. The normalized spacial score (nSPS) is 19.8. The smallest absolute Gasteiger partial charge is 0.227 e. The van der Waals surface area contributed by atoms with Crippen LogP contribution in [-0.2, 0) is 16.0 Å². The second kappa shape index (κ2) is 9.33. The van der Waals surface area contributed by atoms with E-state index >= 15 is 0 Å². The predicted molar refractivity (Wildman–Crippen MR) is 119 cm³/mol. The molecule has 0 N–H and O–H groups in total. The fourth-order valence-electron chi connectivity index (χ4n) is 4.59. The van der Waals surface area contributed by atoms with Crippen molar-refractivity contribution in [2.24, 2.45) is 5.92 Å². The van der Waals surface area contributed by atoms with Crippen molar-refractivity contribution in [3.8, 4) is 0 Å². The van der Waals surface area contributed by atoms with E-state index in [1.54, 1.807) is 0 Å². The van der Waals surface area contributed by atoms with Crippen molar-refractivity contribution in [3.05, 3.63) is 65.7 Å². The molecule has 2 aromatic carbocycles. The van der Waals surface area contributed by atoms with E-state index in [-0.39, 0.29) is 17.7 Å². The summed E-state index contributed by atoms with van der Waals surface area (Å²) in [5, 5.41) is 0. The van der Waals surface area contributed by atoms with Crippen LogP contribution < -0.4 is 4.90 Å². The number of hydrogen-bond donors (Lipinski definition) is 0. The number of amides is 2. The van der Waals surface area contributed by atoms with Gasteiger partial charge in [-0.3, -0.25) is 9.59 Å². The zero-order valence-corrected chi connectivity index (χ0v) is 17.8. The molecule has 0 unspecified atom stereocenters. The largest absolute Gasteiger partial charge is 0.368 e. The minimum absolute atomic E-state index is 0.0662. The zero-order chi connectivity index (χ0) is 20.9. The topological polar surface area (TPSA) is 43.9 Å². The molecule has 2 aliphatic rings. The minimum atomic E-state index is -0.0662. The molecule has 0 bridgehead atoms. The summed E-state index contributed by atoms with van der Waals surface area (Å²) in [4.78, 5) is 31.8. The van der Waals surface area contributed by atoms with Gasteiger partial charge in [0.25, 0.3) is 0 Å². The minimum Gasteiger partial charge on any atom is -0.368 e. The summed E-state index contributed by atoms with van der Waals surface area (Å²) in [5.74, 6) is 0.333. The number of benzene rings is 2. The van der Waals surface area contributed by atoms with Crippen molar-refractivity contribution in [1.29, 1.82) is 0 Å². The second-order valence-corrected chi connectivity index (χ2v) is 8.41.